The van der Waals surface area contributed by atoms with E-state index < -0.39 is 5.97 Å². The standard InChI is InChI=1S/C10H10ClO3/c1-6-4-7(2-3-9(12)13)5-8(11)10(6)14/h3-5,14H,2H2,1H3,(H,12,13). The highest BCUT2D eigenvalue weighted by atomic mass is 35.5. The van der Waals surface area contributed by atoms with Crippen LogP contribution in [0.25, 0.3) is 0 Å². The number of carboxylic acids is 1. The Morgan fingerprint density at radius 1 is 1.57 bits per heavy atom. The lowest BCUT2D eigenvalue weighted by atomic mass is 10.1. The van der Waals surface area contributed by atoms with Crippen molar-refractivity contribution < 1.29 is 15.0 Å². The summed E-state index contributed by atoms with van der Waals surface area (Å²) in [7, 11) is 0. The van der Waals surface area contributed by atoms with Gasteiger partial charge in [0, 0.05) is 0 Å². The molecule has 1 aromatic rings. The molecule has 0 unspecified atom stereocenters. The van der Waals surface area contributed by atoms with Gasteiger partial charge in [-0.15, -0.1) is 0 Å². The van der Waals surface area contributed by atoms with Crippen molar-refractivity contribution in [1.82, 2.24) is 0 Å². The molecule has 0 amide bonds. The molecule has 14 heavy (non-hydrogen) atoms. The Kier molecular flexibility index (Phi) is 3.36. The highest BCUT2D eigenvalue weighted by molar-refractivity contribution is 6.32. The number of aryl methyl sites for hydroxylation is 1. The zero-order chi connectivity index (χ0) is 10.7. The SMILES string of the molecule is Cc1cc(C[CH]C(=O)O)cc(Cl)c1O. The van der Waals surface area contributed by atoms with Crippen LogP contribution in [-0.4, -0.2) is 16.2 Å². The Labute approximate surface area is 86.9 Å². The first-order valence-electron chi connectivity index (χ1n) is 4.05. The number of hydrogen-bond donors (Lipinski definition) is 2. The third-order valence-electron chi connectivity index (χ3n) is 1.83. The second-order valence-electron chi connectivity index (χ2n) is 2.99. The van der Waals surface area contributed by atoms with Gasteiger partial charge >= 0.3 is 5.97 Å². The molecule has 75 valence electrons. The number of aliphatic carboxylic acids is 1. The molecule has 0 aliphatic heterocycles. The van der Waals surface area contributed by atoms with Crippen LogP contribution in [0.15, 0.2) is 12.1 Å². The minimum atomic E-state index is -0.966. The van der Waals surface area contributed by atoms with E-state index in [1.807, 2.05) is 0 Å². The van der Waals surface area contributed by atoms with Crippen LogP contribution in [0.4, 0.5) is 0 Å². The maximum atomic E-state index is 10.3. The van der Waals surface area contributed by atoms with Gasteiger partial charge < -0.3 is 10.2 Å². The minimum absolute atomic E-state index is 0.0470. The van der Waals surface area contributed by atoms with Crippen LogP contribution in [0, 0.1) is 13.3 Å². The fourth-order valence-electron chi connectivity index (χ4n) is 1.13. The molecule has 0 fully saturated rings. The Morgan fingerprint density at radius 3 is 2.71 bits per heavy atom. The molecular weight excluding hydrogens is 204 g/mol. The molecule has 0 aromatic heterocycles. The van der Waals surface area contributed by atoms with E-state index in [0.717, 1.165) is 12.0 Å². The summed E-state index contributed by atoms with van der Waals surface area (Å²) in [4.78, 5) is 10.3. The Hall–Kier alpha value is -1.22. The van der Waals surface area contributed by atoms with E-state index in [4.69, 9.17) is 16.7 Å². The molecule has 2 N–H and O–H groups in total. The van der Waals surface area contributed by atoms with Crippen LogP contribution in [0.3, 0.4) is 0 Å². The third kappa shape index (κ3) is 2.64. The van der Waals surface area contributed by atoms with Gasteiger partial charge in [-0.1, -0.05) is 17.7 Å². The van der Waals surface area contributed by atoms with E-state index in [0.29, 0.717) is 12.0 Å². The molecule has 1 aromatic carbocycles. The normalized spacial score (nSPS) is 10.1. The summed E-state index contributed by atoms with van der Waals surface area (Å²) in [6.45, 7) is 1.71. The van der Waals surface area contributed by atoms with Crippen molar-refractivity contribution in [2.75, 3.05) is 0 Å². The summed E-state index contributed by atoms with van der Waals surface area (Å²) < 4.78 is 0. The molecular formula is C10H10ClO3. The van der Waals surface area contributed by atoms with Crippen molar-refractivity contribution in [1.29, 1.82) is 0 Å². The van der Waals surface area contributed by atoms with Crippen LogP contribution >= 0.6 is 11.6 Å². The van der Waals surface area contributed by atoms with Gasteiger partial charge in [0.25, 0.3) is 0 Å². The van der Waals surface area contributed by atoms with E-state index in [9.17, 15) is 9.90 Å². The summed E-state index contributed by atoms with van der Waals surface area (Å²) in [5, 5.41) is 18.0. The minimum Gasteiger partial charge on any atom is -0.506 e. The lowest BCUT2D eigenvalue weighted by Gasteiger charge is -2.05. The number of benzene rings is 1. The molecule has 0 spiro atoms. The number of aromatic hydroxyl groups is 1. The van der Waals surface area contributed by atoms with Gasteiger partial charge in [-0.3, -0.25) is 4.79 Å². The van der Waals surface area contributed by atoms with Gasteiger partial charge in [-0.05, 0) is 30.5 Å². The predicted molar refractivity (Wildman–Crippen MR) is 53.5 cm³/mol. The van der Waals surface area contributed by atoms with Crippen molar-refractivity contribution in [3.63, 3.8) is 0 Å². The lowest BCUT2D eigenvalue weighted by Crippen LogP contribution is -1.99. The van der Waals surface area contributed by atoms with Crippen LogP contribution in [0.1, 0.15) is 11.1 Å². The zero-order valence-corrected chi connectivity index (χ0v) is 8.38. The number of hydrogen-bond acceptors (Lipinski definition) is 2. The number of carboxylic acid groups (broad SMARTS) is 1. The van der Waals surface area contributed by atoms with E-state index in [2.05, 4.69) is 0 Å². The quantitative estimate of drug-likeness (QED) is 0.809. The van der Waals surface area contributed by atoms with Crippen molar-refractivity contribution >= 4 is 17.6 Å². The monoisotopic (exact) mass is 213 g/mol. The van der Waals surface area contributed by atoms with Crippen LogP contribution in [0.5, 0.6) is 5.75 Å². The van der Waals surface area contributed by atoms with Gasteiger partial charge in [-0.25, -0.2) is 0 Å². The molecule has 4 heteroatoms. The van der Waals surface area contributed by atoms with E-state index in [-0.39, 0.29) is 10.8 Å². The van der Waals surface area contributed by atoms with Crippen LogP contribution < -0.4 is 0 Å². The van der Waals surface area contributed by atoms with Crippen molar-refractivity contribution in [3.05, 3.63) is 34.7 Å². The molecule has 0 aliphatic rings. The number of phenolic OH excluding ortho intramolecular Hbond substituents is 1. The number of rotatable bonds is 3. The van der Waals surface area contributed by atoms with E-state index >= 15 is 0 Å². The lowest BCUT2D eigenvalue weighted by molar-refractivity contribution is -0.133. The molecule has 0 saturated carbocycles. The van der Waals surface area contributed by atoms with E-state index in [1.54, 1.807) is 19.1 Å². The number of carbonyl (C=O) groups is 1. The second kappa shape index (κ2) is 4.33. The van der Waals surface area contributed by atoms with Crippen molar-refractivity contribution in [2.24, 2.45) is 0 Å². The largest absolute Gasteiger partial charge is 0.506 e. The molecule has 0 bridgehead atoms. The van der Waals surface area contributed by atoms with Gasteiger partial charge in [0.15, 0.2) is 0 Å². The summed E-state index contributed by atoms with van der Waals surface area (Å²) in [5.74, 6) is -0.919. The first kappa shape index (κ1) is 10.9. The fraction of sp³-hybridized carbons (Fsp3) is 0.200. The maximum Gasteiger partial charge on any atom is 0.307 e. The zero-order valence-electron chi connectivity index (χ0n) is 7.62. The summed E-state index contributed by atoms with van der Waals surface area (Å²) in [6, 6.07) is 3.27. The highest BCUT2D eigenvalue weighted by Gasteiger charge is 2.06. The second-order valence-corrected chi connectivity index (χ2v) is 3.40. The summed E-state index contributed by atoms with van der Waals surface area (Å²) >= 11 is 5.72. The average molecular weight is 214 g/mol. The maximum absolute atomic E-state index is 10.3. The van der Waals surface area contributed by atoms with Crippen molar-refractivity contribution in [2.45, 2.75) is 13.3 Å². The van der Waals surface area contributed by atoms with Gasteiger partial charge in [0.2, 0.25) is 0 Å². The van der Waals surface area contributed by atoms with Gasteiger partial charge in [-0.2, -0.15) is 0 Å². The molecule has 0 aliphatic carbocycles. The number of phenols is 1. The predicted octanol–water partition coefficient (Wildman–Crippen LogP) is 2.19. The molecule has 1 rings (SSSR count). The third-order valence-corrected chi connectivity index (χ3v) is 2.11. The number of halogens is 1. The summed E-state index contributed by atoms with van der Waals surface area (Å²) in [5.41, 5.74) is 1.42. The first-order chi connectivity index (χ1) is 6.50. The fourth-order valence-corrected chi connectivity index (χ4v) is 1.42. The molecule has 3 nitrogen and oxygen atoms in total. The molecule has 0 atom stereocenters. The van der Waals surface area contributed by atoms with Crippen molar-refractivity contribution in [3.8, 4) is 5.75 Å². The van der Waals surface area contributed by atoms with Crippen LogP contribution in [-0.2, 0) is 11.2 Å². The first-order valence-corrected chi connectivity index (χ1v) is 4.42. The van der Waals surface area contributed by atoms with E-state index in [1.165, 1.54) is 0 Å². The molecule has 1 radical (unpaired) electrons. The average Bonchev–Trinajstić information content (AvgIpc) is 2.10. The topological polar surface area (TPSA) is 57.5 Å². The van der Waals surface area contributed by atoms with Gasteiger partial charge in [0.1, 0.15) is 5.75 Å². The molecule has 0 heterocycles. The van der Waals surface area contributed by atoms with Gasteiger partial charge in [0.05, 0.1) is 11.4 Å². The Bertz CT molecular complexity index is 337. The molecule has 0 saturated heterocycles. The summed E-state index contributed by atoms with van der Waals surface area (Å²) in [6.07, 6.45) is 1.44. The highest BCUT2D eigenvalue weighted by Crippen LogP contribution is 2.28. The van der Waals surface area contributed by atoms with Crippen LogP contribution in [0.2, 0.25) is 5.02 Å². The smallest absolute Gasteiger partial charge is 0.307 e. The Balaban J connectivity index is 2.84. The Morgan fingerprint density at radius 2 is 2.21 bits per heavy atom.